The van der Waals surface area contributed by atoms with Crippen LogP contribution in [0.1, 0.15) is 168 Å². The van der Waals surface area contributed by atoms with Gasteiger partial charge in [0, 0.05) is 12.8 Å². The second kappa shape index (κ2) is 59.9. The summed E-state index contributed by atoms with van der Waals surface area (Å²) >= 11 is 0. The summed E-state index contributed by atoms with van der Waals surface area (Å²) in [6, 6.07) is 0. The molecule has 454 valence electrons. The monoisotopic (exact) mass is 1150 g/mol. The Morgan fingerprint density at radius 2 is 0.671 bits per heavy atom. The van der Waals surface area contributed by atoms with Crippen LogP contribution in [0.15, 0.2) is 219 Å². The molecule has 0 saturated heterocycles. The summed E-state index contributed by atoms with van der Waals surface area (Å²) in [7, 11) is 1.06. The van der Waals surface area contributed by atoms with E-state index in [9.17, 15) is 19.0 Å². The van der Waals surface area contributed by atoms with Crippen LogP contribution in [0.5, 0.6) is 0 Å². The van der Waals surface area contributed by atoms with Gasteiger partial charge in [-0.1, -0.05) is 233 Å². The minimum Gasteiger partial charge on any atom is -0.756 e. The molecule has 10 heteroatoms. The van der Waals surface area contributed by atoms with Gasteiger partial charge in [-0.2, -0.15) is 0 Å². The molecule has 0 N–H and O–H groups in total. The Morgan fingerprint density at radius 3 is 0.976 bits per heavy atom. The molecule has 0 heterocycles. The lowest BCUT2D eigenvalue weighted by atomic mass is 10.2. The van der Waals surface area contributed by atoms with Crippen molar-refractivity contribution in [2.75, 3.05) is 47.5 Å². The van der Waals surface area contributed by atoms with Crippen LogP contribution in [0.25, 0.3) is 0 Å². The average molecular weight is 1150 g/mol. The topological polar surface area (TPSA) is 111 Å². The third-order valence-electron chi connectivity index (χ3n) is 11.5. The van der Waals surface area contributed by atoms with Gasteiger partial charge >= 0.3 is 11.9 Å². The molecule has 82 heavy (non-hydrogen) atoms. The molecule has 0 aliphatic rings. The van der Waals surface area contributed by atoms with Gasteiger partial charge < -0.3 is 27.9 Å². The van der Waals surface area contributed by atoms with E-state index in [1.165, 1.54) is 0 Å². The highest BCUT2D eigenvalue weighted by Gasteiger charge is 2.21. The first-order valence-electron chi connectivity index (χ1n) is 30.4. The van der Waals surface area contributed by atoms with Crippen LogP contribution in [0.2, 0.25) is 0 Å². The molecule has 2 unspecified atom stereocenters. The maximum Gasteiger partial charge on any atom is 0.306 e. The van der Waals surface area contributed by atoms with Crippen molar-refractivity contribution in [2.24, 2.45) is 0 Å². The summed E-state index contributed by atoms with van der Waals surface area (Å²) in [5.74, 6) is -1.01. The van der Waals surface area contributed by atoms with E-state index in [1.807, 2.05) is 33.3 Å². The number of carbonyl (C=O) groups excluding carboxylic acids is 2. The normalized spacial score (nSPS) is 14.8. The number of nitrogens with zero attached hydrogens (tertiary/aromatic N) is 1. The molecule has 2 atom stereocenters. The zero-order valence-corrected chi connectivity index (χ0v) is 52.2. The number of ether oxygens (including phenoxy) is 2. The molecule has 0 saturated carbocycles. The highest BCUT2D eigenvalue weighted by Crippen LogP contribution is 2.38. The quantitative estimate of drug-likeness (QED) is 0.0195. The van der Waals surface area contributed by atoms with Crippen molar-refractivity contribution < 1.29 is 42.1 Å². The third-order valence-corrected chi connectivity index (χ3v) is 12.5. The van der Waals surface area contributed by atoms with Gasteiger partial charge in [0.2, 0.25) is 0 Å². The van der Waals surface area contributed by atoms with Gasteiger partial charge in [-0.15, -0.1) is 0 Å². The Kier molecular flexibility index (Phi) is 55.8. The van der Waals surface area contributed by atoms with E-state index >= 15 is 0 Å². The lowest BCUT2D eigenvalue weighted by Gasteiger charge is -2.28. The number of phosphoric acid groups is 1. The van der Waals surface area contributed by atoms with E-state index in [0.29, 0.717) is 23.9 Å². The van der Waals surface area contributed by atoms with Gasteiger partial charge in [0.25, 0.3) is 7.82 Å². The molecule has 0 aliphatic carbocycles. The number of unbranched alkanes of at least 4 members (excludes halogenated alkanes) is 2. The number of hydrogen-bond donors (Lipinski definition) is 0. The van der Waals surface area contributed by atoms with Crippen molar-refractivity contribution in [1.82, 2.24) is 0 Å². The number of quaternary nitrogens is 1. The van der Waals surface area contributed by atoms with E-state index in [4.69, 9.17) is 18.5 Å². The van der Waals surface area contributed by atoms with Crippen molar-refractivity contribution in [3.8, 4) is 0 Å². The van der Waals surface area contributed by atoms with Crippen LogP contribution in [0.4, 0.5) is 0 Å². The lowest BCUT2D eigenvalue weighted by molar-refractivity contribution is -0.870. The van der Waals surface area contributed by atoms with Crippen LogP contribution < -0.4 is 4.89 Å². The van der Waals surface area contributed by atoms with Crippen molar-refractivity contribution in [1.29, 1.82) is 0 Å². The fourth-order valence-electron chi connectivity index (χ4n) is 6.90. The van der Waals surface area contributed by atoms with Gasteiger partial charge in [0.05, 0.1) is 27.7 Å². The second-order valence-corrected chi connectivity index (χ2v) is 21.7. The molecule has 0 rings (SSSR count). The zero-order valence-electron chi connectivity index (χ0n) is 51.3. The van der Waals surface area contributed by atoms with Crippen LogP contribution in [0, 0.1) is 0 Å². The van der Waals surface area contributed by atoms with E-state index in [2.05, 4.69) is 220 Å². The summed E-state index contributed by atoms with van der Waals surface area (Å²) in [5.41, 5.74) is 0. The van der Waals surface area contributed by atoms with Gasteiger partial charge in [-0.05, 0) is 141 Å². The molecule has 0 aliphatic heterocycles. The first-order chi connectivity index (χ1) is 40.0. The molecule has 0 fully saturated rings. The van der Waals surface area contributed by atoms with Crippen LogP contribution >= 0.6 is 7.82 Å². The molecule has 0 aromatic rings. The smallest absolute Gasteiger partial charge is 0.306 e. The maximum atomic E-state index is 12.8. The first kappa shape index (κ1) is 76.3. The minimum atomic E-state index is -4.68. The molecular weight excluding hydrogens is 1040 g/mol. The summed E-state index contributed by atoms with van der Waals surface area (Å²) < 4.78 is 34.0. The first-order valence-corrected chi connectivity index (χ1v) is 31.9. The number of allylic oxidation sites excluding steroid dienone is 36. The summed E-state index contributed by atoms with van der Waals surface area (Å²) in [6.45, 7) is 3.82. The summed E-state index contributed by atoms with van der Waals surface area (Å²) in [6.07, 6.45) is 97.3. The fraction of sp³-hybridized carbons (Fsp3) is 0.472. The number of rotatable bonds is 52. The Bertz CT molecular complexity index is 2180. The van der Waals surface area contributed by atoms with Gasteiger partial charge in [-0.25, -0.2) is 0 Å². The average Bonchev–Trinajstić information content (AvgIpc) is 3.46. The zero-order chi connectivity index (χ0) is 59.8. The number of hydrogen-bond acceptors (Lipinski definition) is 8. The van der Waals surface area contributed by atoms with E-state index in [0.717, 1.165) is 128 Å². The summed E-state index contributed by atoms with van der Waals surface area (Å²) in [4.78, 5) is 37.8. The van der Waals surface area contributed by atoms with Gasteiger partial charge in [0.1, 0.15) is 19.8 Å². The van der Waals surface area contributed by atoms with E-state index < -0.39 is 32.5 Å². The largest absolute Gasteiger partial charge is 0.756 e. The Labute approximate surface area is 499 Å². The number of likely N-dealkylation sites (N-methyl/N-ethyl adjacent to an activating group) is 1. The number of phosphoric ester groups is 1. The molecule has 9 nitrogen and oxygen atoms in total. The Morgan fingerprint density at radius 1 is 0.378 bits per heavy atom. The maximum absolute atomic E-state index is 12.8. The molecule has 0 aromatic heterocycles. The van der Waals surface area contributed by atoms with E-state index in [1.54, 1.807) is 0 Å². The number of carbonyl (C=O) groups is 2. The predicted molar refractivity (Wildman–Crippen MR) is 350 cm³/mol. The summed E-state index contributed by atoms with van der Waals surface area (Å²) in [5, 5.41) is 0. The highest BCUT2D eigenvalue weighted by atomic mass is 31.2. The van der Waals surface area contributed by atoms with Crippen molar-refractivity contribution >= 4 is 19.8 Å². The highest BCUT2D eigenvalue weighted by molar-refractivity contribution is 7.45. The van der Waals surface area contributed by atoms with Crippen LogP contribution in [0.3, 0.4) is 0 Å². The van der Waals surface area contributed by atoms with Crippen molar-refractivity contribution in [3.05, 3.63) is 219 Å². The predicted octanol–water partition coefficient (Wildman–Crippen LogP) is 19.1. The number of esters is 2. The van der Waals surface area contributed by atoms with Crippen molar-refractivity contribution in [2.45, 2.75) is 174 Å². The SMILES string of the molecule is CC/C=C\C/C=C\C/C=C\C/C=C\C/C=C\C/C=C\C/C=C\C/C=C\C/C=C\C/C=C\C/C=C\C/C=C\CCCCC(=O)OC(COC(=O)CC/C=C\C/C=C\C/C=C\C/C=C\C/C=C\C/C=C\CC)COP(=O)([O-])OCC[N+](C)(C)C. The van der Waals surface area contributed by atoms with Crippen LogP contribution in [-0.4, -0.2) is 70.0 Å². The molecular formula is C72H108NO8P. The lowest BCUT2D eigenvalue weighted by Crippen LogP contribution is -2.37. The van der Waals surface area contributed by atoms with Gasteiger partial charge in [0.15, 0.2) is 6.10 Å². The van der Waals surface area contributed by atoms with Gasteiger partial charge in [-0.3, -0.25) is 14.2 Å². The van der Waals surface area contributed by atoms with E-state index in [-0.39, 0.29) is 26.1 Å². The minimum absolute atomic E-state index is 0.0643. The second-order valence-electron chi connectivity index (χ2n) is 20.2. The molecule has 0 amide bonds. The van der Waals surface area contributed by atoms with Crippen LogP contribution in [-0.2, 0) is 32.7 Å². The van der Waals surface area contributed by atoms with Crippen molar-refractivity contribution in [3.63, 3.8) is 0 Å². The molecule has 0 radical (unpaired) electrons. The standard InChI is InChI=1S/C72H108NO8P/c1-6-8-10-12-14-16-18-20-22-24-26-27-28-29-30-31-32-33-34-35-36-37-38-39-40-41-42-43-44-45-47-49-51-53-55-57-59-61-63-65-72(75)81-70(69-80-82(76,77)79-67-66-73(3,4)5)68-78-71(74)64-62-60-58-56-54-52-50-48-46-25-23-21-19-17-15-13-11-9-7-2/h8-11,14-17,20-23,26-27,29-30,32-33,35-36,38-39,41-42,44-46,48-49,51-52,54-55,57-58,60,70H,6-7,12-13,18-19,24-25,28,31,34,37,40,43,47,50,53,56,59,61-69H2,1-5H3/b10-8-,11-9-,16-14-,17-15-,22-20-,23-21-,27-26-,30-29-,33-32-,36-35-,39-38-,42-41-,45-44-,48-46-,51-49-,54-52-,57-55-,60-58-. The Balaban J connectivity index is 4.35. The molecule has 0 spiro atoms. The fourth-order valence-corrected chi connectivity index (χ4v) is 7.62. The Hall–Kier alpha value is -5.67. The third kappa shape index (κ3) is 63.5. The molecule has 0 bridgehead atoms. The molecule has 0 aromatic carbocycles.